The summed E-state index contributed by atoms with van der Waals surface area (Å²) in [6, 6.07) is 55.0. The number of benzene rings is 6. The first-order valence-electron chi connectivity index (χ1n) is 12.5. The van der Waals surface area contributed by atoms with E-state index >= 15 is 0 Å². The molecule has 0 unspecified atom stereocenters. The molecule has 0 saturated heterocycles. The molecule has 0 bridgehead atoms. The maximum absolute atomic E-state index is 2.32. The van der Waals surface area contributed by atoms with Gasteiger partial charge in [0.2, 0.25) is 0 Å². The van der Waals surface area contributed by atoms with E-state index in [4.69, 9.17) is 0 Å². The van der Waals surface area contributed by atoms with Gasteiger partial charge < -0.3 is 0 Å². The first kappa shape index (κ1) is 22.1. The third kappa shape index (κ3) is 3.63. The van der Waals surface area contributed by atoms with Gasteiger partial charge in [-0.15, -0.1) is 0 Å². The number of hydrogen-bond acceptors (Lipinski definition) is 0. The normalized spacial score (nSPS) is 11.5. The van der Waals surface area contributed by atoms with E-state index in [1.807, 2.05) is 0 Å². The molecule has 0 heterocycles. The second-order valence-corrected chi connectivity index (χ2v) is 9.40. The zero-order valence-electron chi connectivity index (χ0n) is 20.4. The SMILES string of the molecule is Cc1ccc(-c2ccc(C(c3ccccc3)(c3ccccc3)c3ccccc3)cc2)c2ccccc12. The van der Waals surface area contributed by atoms with E-state index in [1.54, 1.807) is 0 Å². The molecule has 0 spiro atoms. The molecule has 0 aliphatic rings. The molecule has 0 amide bonds. The van der Waals surface area contributed by atoms with Crippen LogP contribution in [-0.4, -0.2) is 0 Å². The van der Waals surface area contributed by atoms with Crippen molar-refractivity contribution in [2.75, 3.05) is 0 Å². The summed E-state index contributed by atoms with van der Waals surface area (Å²) in [5, 5.41) is 2.61. The summed E-state index contributed by atoms with van der Waals surface area (Å²) in [6.07, 6.45) is 0. The Balaban J connectivity index is 1.59. The van der Waals surface area contributed by atoms with Gasteiger partial charge in [-0.05, 0) is 56.6 Å². The summed E-state index contributed by atoms with van der Waals surface area (Å²) in [7, 11) is 0. The lowest BCUT2D eigenvalue weighted by molar-refractivity contribution is 0.745. The summed E-state index contributed by atoms with van der Waals surface area (Å²) in [6.45, 7) is 2.18. The first-order chi connectivity index (χ1) is 17.8. The van der Waals surface area contributed by atoms with Crippen LogP contribution in [0.5, 0.6) is 0 Å². The Labute approximate surface area is 213 Å². The number of hydrogen-bond donors (Lipinski definition) is 0. The minimum absolute atomic E-state index is 0.419. The maximum Gasteiger partial charge on any atom is 0.0701 e. The second kappa shape index (κ2) is 9.32. The number of aryl methyl sites for hydroxylation is 1. The van der Waals surface area contributed by atoms with Gasteiger partial charge in [-0.1, -0.05) is 152 Å². The van der Waals surface area contributed by atoms with Crippen LogP contribution in [0, 0.1) is 6.92 Å². The van der Waals surface area contributed by atoms with Crippen LogP contribution in [0.3, 0.4) is 0 Å². The standard InChI is InChI=1S/C36H28/c1-27-21-26-34(35-20-12-11-19-33(27)35)28-22-24-32(25-23-28)36(29-13-5-2-6-14-29,30-15-7-3-8-16-30)31-17-9-4-10-18-31/h2-26H,1H3. The van der Waals surface area contributed by atoms with Gasteiger partial charge in [-0.3, -0.25) is 0 Å². The summed E-state index contributed by atoms with van der Waals surface area (Å²) in [5.74, 6) is 0. The first-order valence-corrected chi connectivity index (χ1v) is 12.5. The Morgan fingerprint density at radius 2 is 0.778 bits per heavy atom. The van der Waals surface area contributed by atoms with Gasteiger partial charge in [0.15, 0.2) is 0 Å². The van der Waals surface area contributed by atoms with Gasteiger partial charge in [0.1, 0.15) is 0 Å². The van der Waals surface area contributed by atoms with Crippen molar-refractivity contribution in [1.82, 2.24) is 0 Å². The Hall–Kier alpha value is -4.42. The molecule has 0 fully saturated rings. The van der Waals surface area contributed by atoms with E-state index in [0.717, 1.165) is 0 Å². The van der Waals surface area contributed by atoms with E-state index in [0.29, 0.717) is 0 Å². The molecule has 6 rings (SSSR count). The molecule has 0 saturated carbocycles. The molecule has 0 aliphatic heterocycles. The van der Waals surface area contributed by atoms with Crippen molar-refractivity contribution in [1.29, 1.82) is 0 Å². The number of rotatable bonds is 5. The highest BCUT2D eigenvalue weighted by Crippen LogP contribution is 2.45. The highest BCUT2D eigenvalue weighted by atomic mass is 14.4. The van der Waals surface area contributed by atoms with Crippen molar-refractivity contribution < 1.29 is 0 Å². The lowest BCUT2D eigenvalue weighted by Gasteiger charge is -2.37. The predicted molar refractivity (Wildman–Crippen MR) is 152 cm³/mol. The molecule has 0 aromatic heterocycles. The Bertz CT molecular complexity index is 1500. The van der Waals surface area contributed by atoms with Crippen LogP contribution in [0.25, 0.3) is 21.9 Å². The average molecular weight is 461 g/mol. The smallest absolute Gasteiger partial charge is 0.0622 e. The topological polar surface area (TPSA) is 0 Å². The fraction of sp³-hybridized carbons (Fsp3) is 0.0556. The van der Waals surface area contributed by atoms with Crippen molar-refractivity contribution in [3.63, 3.8) is 0 Å². The van der Waals surface area contributed by atoms with Crippen molar-refractivity contribution in [2.24, 2.45) is 0 Å². The molecular formula is C36H28. The molecule has 6 aromatic carbocycles. The van der Waals surface area contributed by atoms with Gasteiger partial charge >= 0.3 is 0 Å². The summed E-state index contributed by atoms with van der Waals surface area (Å²) in [4.78, 5) is 0. The van der Waals surface area contributed by atoms with E-state index in [9.17, 15) is 0 Å². The molecule has 0 nitrogen and oxygen atoms in total. The lowest BCUT2D eigenvalue weighted by Crippen LogP contribution is -2.30. The van der Waals surface area contributed by atoms with Crippen LogP contribution in [-0.2, 0) is 5.41 Å². The molecule has 6 aromatic rings. The van der Waals surface area contributed by atoms with Crippen molar-refractivity contribution in [2.45, 2.75) is 12.3 Å². The van der Waals surface area contributed by atoms with E-state index in [2.05, 4.69) is 159 Å². The van der Waals surface area contributed by atoms with Crippen molar-refractivity contribution in [3.05, 3.63) is 179 Å². The van der Waals surface area contributed by atoms with Crippen molar-refractivity contribution in [3.8, 4) is 11.1 Å². The second-order valence-electron chi connectivity index (χ2n) is 9.40. The van der Waals surface area contributed by atoms with Gasteiger partial charge in [-0.25, -0.2) is 0 Å². The monoisotopic (exact) mass is 460 g/mol. The molecule has 172 valence electrons. The van der Waals surface area contributed by atoms with Crippen LogP contribution in [0.2, 0.25) is 0 Å². The quantitative estimate of drug-likeness (QED) is 0.225. The molecule has 0 radical (unpaired) electrons. The largest absolute Gasteiger partial charge is 0.0701 e. The third-order valence-corrected chi connectivity index (χ3v) is 7.39. The van der Waals surface area contributed by atoms with Crippen LogP contribution >= 0.6 is 0 Å². The molecule has 36 heavy (non-hydrogen) atoms. The van der Waals surface area contributed by atoms with E-state index < -0.39 is 5.41 Å². The Morgan fingerprint density at radius 3 is 1.28 bits per heavy atom. The molecule has 0 aliphatic carbocycles. The minimum atomic E-state index is -0.419. The highest BCUT2D eigenvalue weighted by molar-refractivity contribution is 5.98. The fourth-order valence-electron chi connectivity index (χ4n) is 5.67. The maximum atomic E-state index is 2.32. The van der Waals surface area contributed by atoms with Gasteiger partial charge in [0.05, 0.1) is 5.41 Å². The average Bonchev–Trinajstić information content (AvgIpc) is 2.96. The summed E-state index contributed by atoms with van der Waals surface area (Å²) >= 11 is 0. The lowest BCUT2D eigenvalue weighted by atomic mass is 9.65. The van der Waals surface area contributed by atoms with Crippen LogP contribution in [0.15, 0.2) is 152 Å². The molecule has 0 atom stereocenters. The zero-order chi connectivity index (χ0) is 24.4. The highest BCUT2D eigenvalue weighted by Gasteiger charge is 2.38. The Morgan fingerprint density at radius 1 is 0.361 bits per heavy atom. The summed E-state index contributed by atoms with van der Waals surface area (Å²) < 4.78 is 0. The van der Waals surface area contributed by atoms with Crippen LogP contribution in [0.1, 0.15) is 27.8 Å². The fourth-order valence-corrected chi connectivity index (χ4v) is 5.67. The molecular weight excluding hydrogens is 432 g/mol. The zero-order valence-corrected chi connectivity index (χ0v) is 20.4. The Kier molecular flexibility index (Phi) is 5.71. The van der Waals surface area contributed by atoms with Gasteiger partial charge in [-0.2, -0.15) is 0 Å². The van der Waals surface area contributed by atoms with E-state index in [-0.39, 0.29) is 0 Å². The van der Waals surface area contributed by atoms with Crippen LogP contribution in [0.4, 0.5) is 0 Å². The summed E-state index contributed by atoms with van der Waals surface area (Å²) in [5.41, 5.74) is 8.43. The molecule has 0 N–H and O–H groups in total. The minimum Gasteiger partial charge on any atom is -0.0622 e. The molecule has 0 heteroatoms. The predicted octanol–water partition coefficient (Wildman–Crippen LogP) is 9.20. The van der Waals surface area contributed by atoms with Gasteiger partial charge in [0, 0.05) is 0 Å². The number of fused-ring (bicyclic) bond motifs is 1. The third-order valence-electron chi connectivity index (χ3n) is 7.39. The van der Waals surface area contributed by atoms with Gasteiger partial charge in [0.25, 0.3) is 0 Å². The van der Waals surface area contributed by atoms with Crippen molar-refractivity contribution >= 4 is 10.8 Å². The van der Waals surface area contributed by atoms with E-state index in [1.165, 1.54) is 49.7 Å². The van der Waals surface area contributed by atoms with Crippen LogP contribution < -0.4 is 0 Å².